The van der Waals surface area contributed by atoms with E-state index in [9.17, 15) is 9.59 Å². The molecular formula is C9H20N2O5. The van der Waals surface area contributed by atoms with Crippen molar-refractivity contribution in [1.29, 1.82) is 0 Å². The van der Waals surface area contributed by atoms with Crippen LogP contribution in [0.5, 0.6) is 0 Å². The number of hydrogen-bond acceptors (Lipinski definition) is 5. The van der Waals surface area contributed by atoms with Crippen LogP contribution in [0.4, 0.5) is 0 Å². The molecule has 0 bridgehead atoms. The third-order valence-corrected chi connectivity index (χ3v) is 1.76. The van der Waals surface area contributed by atoms with Crippen molar-refractivity contribution in [3.05, 3.63) is 0 Å². The Kier molecular flexibility index (Phi) is 9.77. The molecule has 2 atom stereocenters. The van der Waals surface area contributed by atoms with Crippen molar-refractivity contribution < 1.29 is 24.9 Å². The maximum Gasteiger partial charge on any atom is 0.320 e. The van der Waals surface area contributed by atoms with E-state index in [0.717, 1.165) is 0 Å². The summed E-state index contributed by atoms with van der Waals surface area (Å²) < 4.78 is 0. The van der Waals surface area contributed by atoms with E-state index in [1.165, 1.54) is 0 Å². The topological polar surface area (TPSA) is 147 Å². The van der Waals surface area contributed by atoms with Gasteiger partial charge in [-0.05, 0) is 12.3 Å². The molecule has 0 aliphatic heterocycles. The maximum absolute atomic E-state index is 10.0. The maximum atomic E-state index is 10.0. The predicted octanol–water partition coefficient (Wildman–Crippen LogP) is -1.16. The van der Waals surface area contributed by atoms with Crippen molar-refractivity contribution in [2.75, 3.05) is 6.61 Å². The zero-order chi connectivity index (χ0) is 13.3. The molecular weight excluding hydrogens is 216 g/mol. The van der Waals surface area contributed by atoms with E-state index in [-0.39, 0.29) is 18.9 Å². The molecule has 0 fully saturated rings. The lowest BCUT2D eigenvalue weighted by Gasteiger charge is -2.07. The second-order valence-corrected chi connectivity index (χ2v) is 3.57. The average Bonchev–Trinajstić information content (AvgIpc) is 2.17. The van der Waals surface area contributed by atoms with Crippen LogP contribution in [0, 0.1) is 5.92 Å². The van der Waals surface area contributed by atoms with Crippen LogP contribution in [0.25, 0.3) is 0 Å². The summed E-state index contributed by atoms with van der Waals surface area (Å²) in [6, 6.07) is -1.63. The van der Waals surface area contributed by atoms with Crippen molar-refractivity contribution in [2.24, 2.45) is 17.4 Å². The summed E-state index contributed by atoms with van der Waals surface area (Å²) in [5.74, 6) is -1.98. The predicted molar refractivity (Wildman–Crippen MR) is 57.8 cm³/mol. The Bertz CT molecular complexity index is 220. The fourth-order valence-electron chi connectivity index (χ4n) is 0.548. The molecule has 0 amide bonds. The number of aliphatic carboxylic acids is 2. The van der Waals surface area contributed by atoms with Crippen LogP contribution >= 0.6 is 0 Å². The van der Waals surface area contributed by atoms with Crippen molar-refractivity contribution >= 4 is 11.9 Å². The van der Waals surface area contributed by atoms with Gasteiger partial charge in [0, 0.05) is 6.61 Å². The summed E-state index contributed by atoms with van der Waals surface area (Å²) in [7, 11) is 0. The number of carboxylic acid groups (broad SMARTS) is 2. The van der Waals surface area contributed by atoms with Gasteiger partial charge >= 0.3 is 11.9 Å². The van der Waals surface area contributed by atoms with Gasteiger partial charge in [0.25, 0.3) is 0 Å². The average molecular weight is 236 g/mol. The first-order valence-corrected chi connectivity index (χ1v) is 4.81. The highest BCUT2D eigenvalue weighted by atomic mass is 16.4. The molecule has 7 nitrogen and oxygen atoms in total. The molecule has 0 spiro atoms. The van der Waals surface area contributed by atoms with Gasteiger partial charge in [-0.1, -0.05) is 13.8 Å². The molecule has 0 heterocycles. The Morgan fingerprint density at radius 2 is 1.56 bits per heavy atom. The van der Waals surface area contributed by atoms with E-state index < -0.39 is 24.0 Å². The van der Waals surface area contributed by atoms with Crippen LogP contribution in [0.3, 0.4) is 0 Å². The summed E-state index contributed by atoms with van der Waals surface area (Å²) >= 11 is 0. The summed E-state index contributed by atoms with van der Waals surface area (Å²) in [5, 5.41) is 24.4. The highest BCUT2D eigenvalue weighted by Gasteiger charge is 2.14. The van der Waals surface area contributed by atoms with E-state index in [4.69, 9.17) is 26.8 Å². The van der Waals surface area contributed by atoms with Gasteiger partial charge in [0.1, 0.15) is 12.1 Å². The van der Waals surface area contributed by atoms with E-state index in [0.29, 0.717) is 0 Å². The fourth-order valence-corrected chi connectivity index (χ4v) is 0.548. The second kappa shape index (κ2) is 9.08. The SMILES string of the molecule is CC(C)[C@@H](N)C(=O)O.N[C@@H](CCO)C(=O)O. The molecule has 16 heavy (non-hydrogen) atoms. The van der Waals surface area contributed by atoms with Gasteiger partial charge in [-0.3, -0.25) is 9.59 Å². The molecule has 7 heteroatoms. The van der Waals surface area contributed by atoms with E-state index in [1.54, 1.807) is 13.8 Å². The summed E-state index contributed by atoms with van der Waals surface area (Å²) in [4.78, 5) is 19.9. The number of aliphatic hydroxyl groups excluding tert-OH is 1. The first-order valence-electron chi connectivity index (χ1n) is 4.81. The van der Waals surface area contributed by atoms with Crippen LogP contribution in [-0.2, 0) is 9.59 Å². The summed E-state index contributed by atoms with van der Waals surface area (Å²) in [6.45, 7) is 3.38. The number of aliphatic hydroxyl groups is 1. The minimum absolute atomic E-state index is 0.0208. The van der Waals surface area contributed by atoms with E-state index >= 15 is 0 Å². The number of carbonyl (C=O) groups is 2. The van der Waals surface area contributed by atoms with E-state index in [1.807, 2.05) is 0 Å². The van der Waals surface area contributed by atoms with Gasteiger partial charge in [0.15, 0.2) is 0 Å². The van der Waals surface area contributed by atoms with Crippen LogP contribution in [-0.4, -0.2) is 45.9 Å². The van der Waals surface area contributed by atoms with Gasteiger partial charge in [-0.25, -0.2) is 0 Å². The first kappa shape index (κ1) is 17.2. The zero-order valence-electron chi connectivity index (χ0n) is 9.46. The van der Waals surface area contributed by atoms with Crippen LogP contribution in [0.2, 0.25) is 0 Å². The summed E-state index contributed by atoms with van der Waals surface area (Å²) in [5.41, 5.74) is 10.1. The molecule has 0 unspecified atom stereocenters. The number of carboxylic acids is 2. The van der Waals surface area contributed by atoms with Gasteiger partial charge in [0.2, 0.25) is 0 Å². The minimum atomic E-state index is -1.07. The molecule has 0 saturated heterocycles. The highest BCUT2D eigenvalue weighted by molar-refractivity contribution is 5.73. The standard InChI is InChI=1S/C5H11NO2.C4H9NO3/c1-3(2)4(6)5(7)8;5-3(1-2-6)4(7)8/h3-4H,6H2,1-2H3,(H,7,8);3,6H,1-2,5H2,(H,7,8)/t4-;3-/m10/s1. The van der Waals surface area contributed by atoms with Gasteiger partial charge in [-0.2, -0.15) is 0 Å². The van der Waals surface area contributed by atoms with Crippen LogP contribution < -0.4 is 11.5 Å². The van der Waals surface area contributed by atoms with Gasteiger partial charge in [0.05, 0.1) is 0 Å². The quantitative estimate of drug-likeness (QED) is 0.404. The van der Waals surface area contributed by atoms with Crippen molar-refractivity contribution in [3.8, 4) is 0 Å². The Balaban J connectivity index is 0. The lowest BCUT2D eigenvalue weighted by molar-refractivity contribution is -0.140. The summed E-state index contributed by atoms with van der Waals surface area (Å²) in [6.07, 6.45) is 0.120. The Morgan fingerprint density at radius 3 is 1.62 bits per heavy atom. The highest BCUT2D eigenvalue weighted by Crippen LogP contribution is 1.96. The number of nitrogens with two attached hydrogens (primary N) is 2. The molecule has 0 aromatic carbocycles. The normalized spacial score (nSPS) is 13.6. The van der Waals surface area contributed by atoms with Crippen molar-refractivity contribution in [1.82, 2.24) is 0 Å². The largest absolute Gasteiger partial charge is 0.480 e. The lowest BCUT2D eigenvalue weighted by atomic mass is 10.1. The molecule has 0 saturated carbocycles. The number of hydrogen-bond donors (Lipinski definition) is 5. The van der Waals surface area contributed by atoms with Gasteiger partial charge < -0.3 is 26.8 Å². The van der Waals surface area contributed by atoms with Gasteiger partial charge in [-0.15, -0.1) is 0 Å². The van der Waals surface area contributed by atoms with E-state index in [2.05, 4.69) is 0 Å². The molecule has 0 aromatic heterocycles. The minimum Gasteiger partial charge on any atom is -0.480 e. The molecule has 0 rings (SSSR count). The van der Waals surface area contributed by atoms with Crippen LogP contribution in [0.15, 0.2) is 0 Å². The van der Waals surface area contributed by atoms with Crippen molar-refractivity contribution in [2.45, 2.75) is 32.4 Å². The first-order chi connectivity index (χ1) is 7.23. The Hall–Kier alpha value is -1.18. The molecule has 0 aromatic rings. The zero-order valence-corrected chi connectivity index (χ0v) is 9.46. The molecule has 0 aliphatic carbocycles. The Morgan fingerprint density at radius 1 is 1.12 bits per heavy atom. The van der Waals surface area contributed by atoms with Crippen molar-refractivity contribution in [3.63, 3.8) is 0 Å². The molecule has 0 radical (unpaired) electrons. The monoisotopic (exact) mass is 236 g/mol. The molecule has 7 N–H and O–H groups in total. The fraction of sp³-hybridized carbons (Fsp3) is 0.778. The lowest BCUT2D eigenvalue weighted by Crippen LogP contribution is -2.34. The molecule has 96 valence electrons. The number of rotatable bonds is 5. The van der Waals surface area contributed by atoms with Crippen LogP contribution in [0.1, 0.15) is 20.3 Å². The second-order valence-electron chi connectivity index (χ2n) is 3.57. The smallest absolute Gasteiger partial charge is 0.320 e. The Labute approximate surface area is 94.1 Å². The third-order valence-electron chi connectivity index (χ3n) is 1.76. The third kappa shape index (κ3) is 9.38. The molecule has 0 aliphatic rings.